The summed E-state index contributed by atoms with van der Waals surface area (Å²) in [5.74, 6) is 1.29. The molecule has 0 radical (unpaired) electrons. The van der Waals surface area contributed by atoms with Gasteiger partial charge in [-0.2, -0.15) is 0 Å². The Bertz CT molecular complexity index is 290. The van der Waals surface area contributed by atoms with Gasteiger partial charge in [-0.3, -0.25) is 0 Å². The minimum absolute atomic E-state index is 0.281. The van der Waals surface area contributed by atoms with E-state index in [-0.39, 0.29) is 5.75 Å². The van der Waals surface area contributed by atoms with E-state index in [1.807, 2.05) is 6.92 Å². The second kappa shape index (κ2) is 6.57. The number of rotatable bonds is 7. The summed E-state index contributed by atoms with van der Waals surface area (Å²) < 4.78 is 22.9. The summed E-state index contributed by atoms with van der Waals surface area (Å²) in [6, 6.07) is 0. The van der Waals surface area contributed by atoms with Crippen LogP contribution in [0.15, 0.2) is 0 Å². The van der Waals surface area contributed by atoms with E-state index in [2.05, 4.69) is 17.3 Å². The number of nitrogens with zero attached hydrogens (tertiary/aromatic N) is 1. The molecule has 5 heteroatoms. The SMILES string of the molecule is CCCS(=O)(=O)CCNCC1CCN(C)C1. The second-order valence-corrected chi connectivity index (χ2v) is 7.08. The Morgan fingerprint density at radius 3 is 2.69 bits per heavy atom. The molecule has 1 heterocycles. The number of hydrogen-bond acceptors (Lipinski definition) is 4. The maximum absolute atomic E-state index is 11.4. The molecule has 1 fully saturated rings. The molecular formula is C11H24N2O2S. The highest BCUT2D eigenvalue weighted by molar-refractivity contribution is 7.91. The molecule has 1 rings (SSSR count). The van der Waals surface area contributed by atoms with Gasteiger partial charge in [0.15, 0.2) is 9.84 Å². The first kappa shape index (κ1) is 13.9. The van der Waals surface area contributed by atoms with Crippen LogP contribution in [0.3, 0.4) is 0 Å². The van der Waals surface area contributed by atoms with Crippen LogP contribution in [-0.4, -0.2) is 58.1 Å². The van der Waals surface area contributed by atoms with Crippen molar-refractivity contribution in [3.63, 3.8) is 0 Å². The van der Waals surface area contributed by atoms with E-state index in [0.717, 1.165) is 19.5 Å². The van der Waals surface area contributed by atoms with Gasteiger partial charge in [-0.1, -0.05) is 6.92 Å². The van der Waals surface area contributed by atoms with Crippen LogP contribution in [-0.2, 0) is 9.84 Å². The molecule has 0 spiro atoms. The monoisotopic (exact) mass is 248 g/mol. The first-order valence-electron chi connectivity index (χ1n) is 6.13. The van der Waals surface area contributed by atoms with E-state index in [0.29, 0.717) is 18.2 Å². The third-order valence-electron chi connectivity index (χ3n) is 3.03. The molecule has 96 valence electrons. The van der Waals surface area contributed by atoms with Crippen molar-refractivity contribution in [3.05, 3.63) is 0 Å². The van der Waals surface area contributed by atoms with E-state index in [4.69, 9.17) is 0 Å². The van der Waals surface area contributed by atoms with Gasteiger partial charge in [0.2, 0.25) is 0 Å². The minimum Gasteiger partial charge on any atom is -0.315 e. The molecule has 0 aliphatic carbocycles. The zero-order valence-electron chi connectivity index (χ0n) is 10.4. The largest absolute Gasteiger partial charge is 0.315 e. The van der Waals surface area contributed by atoms with Gasteiger partial charge < -0.3 is 10.2 Å². The van der Waals surface area contributed by atoms with Crippen LogP contribution < -0.4 is 5.32 Å². The third-order valence-corrected chi connectivity index (χ3v) is 4.88. The summed E-state index contributed by atoms with van der Waals surface area (Å²) in [5, 5.41) is 3.26. The third kappa shape index (κ3) is 5.27. The van der Waals surface area contributed by atoms with Crippen molar-refractivity contribution in [2.45, 2.75) is 19.8 Å². The van der Waals surface area contributed by atoms with Crippen LogP contribution >= 0.6 is 0 Å². The lowest BCUT2D eigenvalue weighted by Crippen LogP contribution is -2.29. The van der Waals surface area contributed by atoms with Crippen molar-refractivity contribution in [1.82, 2.24) is 10.2 Å². The van der Waals surface area contributed by atoms with Crippen molar-refractivity contribution in [1.29, 1.82) is 0 Å². The lowest BCUT2D eigenvalue weighted by molar-refractivity contribution is 0.389. The van der Waals surface area contributed by atoms with E-state index in [9.17, 15) is 8.42 Å². The van der Waals surface area contributed by atoms with Gasteiger partial charge in [-0.05, 0) is 38.9 Å². The summed E-state index contributed by atoms with van der Waals surface area (Å²) >= 11 is 0. The Labute approximate surface area is 99.3 Å². The Morgan fingerprint density at radius 1 is 1.38 bits per heavy atom. The van der Waals surface area contributed by atoms with Gasteiger partial charge >= 0.3 is 0 Å². The summed E-state index contributed by atoms with van der Waals surface area (Å²) in [6.45, 7) is 5.75. The fraction of sp³-hybridized carbons (Fsp3) is 1.00. The number of likely N-dealkylation sites (tertiary alicyclic amines) is 1. The van der Waals surface area contributed by atoms with Gasteiger partial charge in [-0.25, -0.2) is 8.42 Å². The molecule has 0 amide bonds. The van der Waals surface area contributed by atoms with Crippen LogP contribution in [0.5, 0.6) is 0 Å². The van der Waals surface area contributed by atoms with Gasteiger partial charge in [0.25, 0.3) is 0 Å². The van der Waals surface area contributed by atoms with Crippen molar-refractivity contribution in [2.24, 2.45) is 5.92 Å². The molecule has 1 saturated heterocycles. The highest BCUT2D eigenvalue weighted by Crippen LogP contribution is 2.12. The molecule has 1 aliphatic rings. The predicted octanol–water partition coefficient (Wildman–Crippen LogP) is 0.353. The molecule has 0 aromatic heterocycles. The van der Waals surface area contributed by atoms with Crippen molar-refractivity contribution >= 4 is 9.84 Å². The van der Waals surface area contributed by atoms with Crippen LogP contribution in [0.1, 0.15) is 19.8 Å². The highest BCUT2D eigenvalue weighted by Gasteiger charge is 2.18. The average Bonchev–Trinajstić information content (AvgIpc) is 2.59. The second-order valence-electron chi connectivity index (χ2n) is 4.77. The standard InChI is InChI=1S/C11H24N2O2S/c1-3-7-16(14,15)8-5-12-9-11-4-6-13(2)10-11/h11-12H,3-10H2,1-2H3. The molecule has 0 bridgehead atoms. The number of nitrogens with one attached hydrogen (secondary N) is 1. The van der Waals surface area contributed by atoms with Crippen molar-refractivity contribution < 1.29 is 8.42 Å². The van der Waals surface area contributed by atoms with Crippen LogP contribution in [0.2, 0.25) is 0 Å². The van der Waals surface area contributed by atoms with Gasteiger partial charge in [-0.15, -0.1) is 0 Å². The molecule has 1 aliphatic heterocycles. The van der Waals surface area contributed by atoms with Crippen molar-refractivity contribution in [2.75, 3.05) is 44.7 Å². The van der Waals surface area contributed by atoms with Crippen LogP contribution in [0.25, 0.3) is 0 Å². The normalized spacial score (nSPS) is 22.8. The van der Waals surface area contributed by atoms with E-state index in [1.165, 1.54) is 13.0 Å². The summed E-state index contributed by atoms with van der Waals surface area (Å²) in [4.78, 5) is 2.32. The minimum atomic E-state index is -2.81. The van der Waals surface area contributed by atoms with E-state index in [1.54, 1.807) is 0 Å². The maximum Gasteiger partial charge on any atom is 0.151 e. The van der Waals surface area contributed by atoms with Crippen LogP contribution in [0, 0.1) is 5.92 Å². The molecule has 0 saturated carbocycles. The summed E-state index contributed by atoms with van der Waals surface area (Å²) in [6.07, 6.45) is 1.95. The fourth-order valence-corrected chi connectivity index (χ4v) is 3.42. The molecule has 0 aromatic carbocycles. The lowest BCUT2D eigenvalue weighted by atomic mass is 10.1. The summed E-state index contributed by atoms with van der Waals surface area (Å²) in [7, 11) is -0.680. The predicted molar refractivity (Wildman–Crippen MR) is 67.4 cm³/mol. The van der Waals surface area contributed by atoms with Gasteiger partial charge in [0.1, 0.15) is 0 Å². The zero-order valence-corrected chi connectivity index (χ0v) is 11.2. The molecular weight excluding hydrogens is 224 g/mol. The topological polar surface area (TPSA) is 49.4 Å². The molecule has 1 N–H and O–H groups in total. The lowest BCUT2D eigenvalue weighted by Gasteiger charge is -2.11. The van der Waals surface area contributed by atoms with Crippen LogP contribution in [0.4, 0.5) is 0 Å². The van der Waals surface area contributed by atoms with Crippen molar-refractivity contribution in [3.8, 4) is 0 Å². The Kier molecular flexibility index (Phi) is 5.72. The number of sulfone groups is 1. The molecule has 0 aromatic rings. The molecule has 16 heavy (non-hydrogen) atoms. The number of hydrogen-bond donors (Lipinski definition) is 1. The molecule has 1 unspecified atom stereocenters. The first-order chi connectivity index (χ1) is 7.53. The molecule has 1 atom stereocenters. The Balaban J connectivity index is 2.08. The van der Waals surface area contributed by atoms with E-state index >= 15 is 0 Å². The maximum atomic E-state index is 11.4. The fourth-order valence-electron chi connectivity index (χ4n) is 2.14. The first-order valence-corrected chi connectivity index (χ1v) is 7.95. The quantitative estimate of drug-likeness (QED) is 0.661. The highest BCUT2D eigenvalue weighted by atomic mass is 32.2. The van der Waals surface area contributed by atoms with Gasteiger partial charge in [0, 0.05) is 18.8 Å². The average molecular weight is 248 g/mol. The van der Waals surface area contributed by atoms with Gasteiger partial charge in [0.05, 0.1) is 5.75 Å². The Hall–Kier alpha value is -0.130. The van der Waals surface area contributed by atoms with E-state index < -0.39 is 9.84 Å². The smallest absolute Gasteiger partial charge is 0.151 e. The summed E-state index contributed by atoms with van der Waals surface area (Å²) in [5.41, 5.74) is 0. The Morgan fingerprint density at radius 2 is 2.12 bits per heavy atom. The zero-order chi connectivity index (χ0) is 12.0. The molecule has 4 nitrogen and oxygen atoms in total.